The van der Waals surface area contributed by atoms with Gasteiger partial charge in [0.2, 0.25) is 0 Å². The lowest BCUT2D eigenvalue weighted by atomic mass is 10.1. The van der Waals surface area contributed by atoms with E-state index in [2.05, 4.69) is 55.6 Å². The van der Waals surface area contributed by atoms with Crippen LogP contribution in [-0.4, -0.2) is 16.8 Å². The smallest absolute Gasteiger partial charge is 0.0644 e. The van der Waals surface area contributed by atoms with Gasteiger partial charge in [-0.1, -0.05) is 6.92 Å². The molecule has 2 heterocycles. The number of rotatable bonds is 6. The third-order valence-electron chi connectivity index (χ3n) is 3.33. The lowest BCUT2D eigenvalue weighted by Crippen LogP contribution is -2.18. The summed E-state index contributed by atoms with van der Waals surface area (Å²) in [4.78, 5) is 2.85. The van der Waals surface area contributed by atoms with Gasteiger partial charge in [-0.15, -0.1) is 11.3 Å². The molecule has 0 aromatic carbocycles. The van der Waals surface area contributed by atoms with Crippen LogP contribution in [0.5, 0.6) is 0 Å². The molecule has 0 fully saturated rings. The molecule has 0 amide bonds. The topological polar surface area (TPSA) is 29.9 Å². The molecule has 0 aliphatic rings. The van der Waals surface area contributed by atoms with Crippen LogP contribution in [0.4, 0.5) is 0 Å². The van der Waals surface area contributed by atoms with Gasteiger partial charge in [0.15, 0.2) is 0 Å². The predicted molar refractivity (Wildman–Crippen MR) is 81.8 cm³/mol. The zero-order valence-electron chi connectivity index (χ0n) is 12.2. The fraction of sp³-hybridized carbons (Fsp3) is 0.533. The first-order chi connectivity index (χ1) is 9.13. The zero-order chi connectivity index (χ0) is 13.8. The first kappa shape index (κ1) is 14.3. The molecule has 104 valence electrons. The molecular weight excluding hydrogens is 254 g/mol. The first-order valence-corrected chi connectivity index (χ1v) is 7.75. The van der Waals surface area contributed by atoms with Crippen molar-refractivity contribution in [3.05, 3.63) is 39.8 Å². The Morgan fingerprint density at radius 1 is 1.32 bits per heavy atom. The number of likely N-dealkylation sites (N-methyl/N-ethyl adjacent to an activating group) is 1. The highest BCUT2D eigenvalue weighted by molar-refractivity contribution is 7.12. The van der Waals surface area contributed by atoms with Crippen LogP contribution in [0.2, 0.25) is 0 Å². The third kappa shape index (κ3) is 3.45. The molecule has 1 N–H and O–H groups in total. The van der Waals surface area contributed by atoms with Gasteiger partial charge in [0.1, 0.15) is 0 Å². The quantitative estimate of drug-likeness (QED) is 0.874. The summed E-state index contributed by atoms with van der Waals surface area (Å²) >= 11 is 1.90. The highest BCUT2D eigenvalue weighted by Crippen LogP contribution is 2.26. The lowest BCUT2D eigenvalue weighted by molar-refractivity contribution is 0.516. The van der Waals surface area contributed by atoms with Crippen LogP contribution < -0.4 is 5.32 Å². The summed E-state index contributed by atoms with van der Waals surface area (Å²) in [5, 5.41) is 8.04. The Kier molecular flexibility index (Phi) is 4.77. The van der Waals surface area contributed by atoms with Crippen molar-refractivity contribution in [3.63, 3.8) is 0 Å². The van der Waals surface area contributed by atoms with Crippen molar-refractivity contribution in [3.8, 4) is 0 Å². The van der Waals surface area contributed by atoms with Crippen molar-refractivity contribution in [1.82, 2.24) is 15.1 Å². The van der Waals surface area contributed by atoms with E-state index in [0.717, 1.165) is 18.5 Å². The minimum absolute atomic E-state index is 0.362. The van der Waals surface area contributed by atoms with Crippen molar-refractivity contribution in [2.45, 2.75) is 45.7 Å². The fourth-order valence-electron chi connectivity index (χ4n) is 2.10. The van der Waals surface area contributed by atoms with Crippen LogP contribution in [0.15, 0.2) is 24.4 Å². The maximum atomic E-state index is 4.63. The van der Waals surface area contributed by atoms with E-state index in [1.54, 1.807) is 0 Å². The van der Waals surface area contributed by atoms with Gasteiger partial charge in [0, 0.05) is 34.5 Å². The second-order valence-electron chi connectivity index (χ2n) is 5.08. The van der Waals surface area contributed by atoms with E-state index in [1.165, 1.54) is 9.75 Å². The second kappa shape index (κ2) is 6.35. The van der Waals surface area contributed by atoms with E-state index >= 15 is 0 Å². The molecule has 0 aliphatic heterocycles. The number of nitrogens with zero attached hydrogens (tertiary/aromatic N) is 2. The molecular formula is C15H23N3S. The molecule has 0 aliphatic carbocycles. The van der Waals surface area contributed by atoms with Gasteiger partial charge in [-0.2, -0.15) is 5.10 Å². The molecule has 19 heavy (non-hydrogen) atoms. The molecule has 0 saturated carbocycles. The van der Waals surface area contributed by atoms with Gasteiger partial charge in [0.25, 0.3) is 0 Å². The summed E-state index contributed by atoms with van der Waals surface area (Å²) in [7, 11) is 2.02. The third-order valence-corrected chi connectivity index (χ3v) is 4.67. The Morgan fingerprint density at radius 3 is 2.63 bits per heavy atom. The molecule has 1 unspecified atom stereocenters. The first-order valence-electron chi connectivity index (χ1n) is 6.94. The molecule has 4 heteroatoms. The van der Waals surface area contributed by atoms with Crippen molar-refractivity contribution in [2.24, 2.45) is 0 Å². The van der Waals surface area contributed by atoms with E-state index in [0.29, 0.717) is 12.1 Å². The number of aryl methyl sites for hydroxylation is 1. The summed E-state index contributed by atoms with van der Waals surface area (Å²) in [6, 6.07) is 7.39. The van der Waals surface area contributed by atoms with Gasteiger partial charge in [0.05, 0.1) is 5.69 Å². The molecule has 0 spiro atoms. The molecule has 3 nitrogen and oxygen atoms in total. The molecule has 2 aromatic rings. The van der Waals surface area contributed by atoms with Crippen molar-refractivity contribution >= 4 is 11.3 Å². The zero-order valence-corrected chi connectivity index (χ0v) is 13.0. The molecule has 1 atom stereocenters. The van der Waals surface area contributed by atoms with Gasteiger partial charge in [-0.05, 0) is 45.5 Å². The summed E-state index contributed by atoms with van der Waals surface area (Å²) in [5.41, 5.74) is 1.15. The van der Waals surface area contributed by atoms with Crippen molar-refractivity contribution in [2.75, 3.05) is 7.05 Å². The number of aromatic nitrogens is 2. The van der Waals surface area contributed by atoms with Crippen LogP contribution in [0, 0.1) is 0 Å². The minimum Gasteiger partial charge on any atom is -0.312 e. The van der Waals surface area contributed by atoms with Crippen LogP contribution >= 0.6 is 11.3 Å². The maximum Gasteiger partial charge on any atom is 0.0644 e. The molecule has 2 aromatic heterocycles. The Labute approximate surface area is 119 Å². The van der Waals surface area contributed by atoms with Crippen LogP contribution in [0.3, 0.4) is 0 Å². The number of nitrogens with one attached hydrogen (secondary N) is 1. The van der Waals surface area contributed by atoms with Gasteiger partial charge in [-0.3, -0.25) is 4.68 Å². The highest BCUT2D eigenvalue weighted by Gasteiger charge is 2.14. The van der Waals surface area contributed by atoms with E-state index in [-0.39, 0.29) is 0 Å². The molecule has 0 bridgehead atoms. The highest BCUT2D eigenvalue weighted by atomic mass is 32.1. The molecule has 0 saturated heterocycles. The fourth-order valence-corrected chi connectivity index (χ4v) is 3.16. The SMILES string of the molecule is CCc1ccc(C(Cc2ccn(C(C)C)n2)NC)s1. The average Bonchev–Trinajstić information content (AvgIpc) is 3.04. The van der Waals surface area contributed by atoms with E-state index in [9.17, 15) is 0 Å². The van der Waals surface area contributed by atoms with Gasteiger partial charge < -0.3 is 5.32 Å². The predicted octanol–water partition coefficient (Wildman–Crippen LogP) is 3.59. The van der Waals surface area contributed by atoms with Crippen molar-refractivity contribution in [1.29, 1.82) is 0 Å². The summed E-state index contributed by atoms with van der Waals surface area (Å²) in [5.74, 6) is 0. The van der Waals surface area contributed by atoms with Gasteiger partial charge in [-0.25, -0.2) is 0 Å². The van der Waals surface area contributed by atoms with Gasteiger partial charge >= 0.3 is 0 Å². The van der Waals surface area contributed by atoms with Crippen molar-refractivity contribution < 1.29 is 0 Å². The molecule has 2 rings (SSSR count). The molecule has 0 radical (unpaired) electrons. The number of thiophene rings is 1. The maximum absolute atomic E-state index is 4.63. The van der Waals surface area contributed by atoms with Crippen LogP contribution in [0.25, 0.3) is 0 Å². The Balaban J connectivity index is 2.09. The number of hydrogen-bond acceptors (Lipinski definition) is 3. The van der Waals surface area contributed by atoms with E-state index in [1.807, 2.05) is 23.1 Å². The largest absolute Gasteiger partial charge is 0.312 e. The summed E-state index contributed by atoms with van der Waals surface area (Å²) < 4.78 is 2.02. The second-order valence-corrected chi connectivity index (χ2v) is 6.28. The number of hydrogen-bond donors (Lipinski definition) is 1. The minimum atomic E-state index is 0.362. The lowest BCUT2D eigenvalue weighted by Gasteiger charge is -2.13. The van der Waals surface area contributed by atoms with Crippen LogP contribution in [0.1, 0.15) is 48.3 Å². The summed E-state index contributed by atoms with van der Waals surface area (Å²) in [6.45, 7) is 6.51. The standard InChI is InChI=1S/C15H23N3S/c1-5-13-6-7-15(19-13)14(16-4)10-12-8-9-18(17-12)11(2)3/h6-9,11,14,16H,5,10H2,1-4H3. The Bertz CT molecular complexity index is 513. The average molecular weight is 277 g/mol. The normalized spacial score (nSPS) is 13.1. The summed E-state index contributed by atoms with van der Waals surface area (Å²) in [6.07, 6.45) is 4.13. The van der Waals surface area contributed by atoms with E-state index in [4.69, 9.17) is 0 Å². The Morgan fingerprint density at radius 2 is 2.11 bits per heavy atom. The van der Waals surface area contributed by atoms with E-state index < -0.39 is 0 Å². The Hall–Kier alpha value is -1.13. The van der Waals surface area contributed by atoms with Crippen LogP contribution in [-0.2, 0) is 12.8 Å². The monoisotopic (exact) mass is 277 g/mol.